The second-order valence-electron chi connectivity index (χ2n) is 10.5. The molecule has 2 aliphatic rings. The zero-order chi connectivity index (χ0) is 29.3. The number of rotatable bonds is 5. The van der Waals surface area contributed by atoms with Crippen LogP contribution in [0.5, 0.6) is 0 Å². The minimum Gasteiger partial charge on any atom is -0.314 e. The molecular weight excluding hydrogens is 510 g/mol. The van der Waals surface area contributed by atoms with E-state index in [-0.39, 0.29) is 5.92 Å². The maximum Gasteiger partial charge on any atom is 0.0959 e. The number of anilines is 2. The third-order valence-electron chi connectivity index (χ3n) is 7.54. The molecule has 0 N–H and O–H groups in total. The minimum atomic E-state index is -0.0841. The van der Waals surface area contributed by atoms with Crippen LogP contribution in [0.4, 0.5) is 11.4 Å². The number of para-hydroxylation sites is 1. The third-order valence-corrected chi connectivity index (χ3v) is 7.54. The first-order chi connectivity index (χ1) is 20.6. The van der Waals surface area contributed by atoms with Crippen molar-refractivity contribution in [1.82, 2.24) is 0 Å². The van der Waals surface area contributed by atoms with Crippen molar-refractivity contribution in [3.63, 3.8) is 0 Å². The van der Waals surface area contributed by atoms with Gasteiger partial charge in [-0.1, -0.05) is 116 Å². The first-order valence-corrected chi connectivity index (χ1v) is 14.3. The van der Waals surface area contributed by atoms with E-state index >= 15 is 0 Å². The smallest absolute Gasteiger partial charge is 0.0959 e. The standard InChI is InChI=1S/C39H33N3/c1-29-15-24-36(25-16-29)42(34-10-4-3-5-11-34)35-12-8-9-31(22-26-35)19-20-32-18-17-30(2)39(28-41)38-14-7-6-13-37(38)33(27-40)23-21-32/h3-11,13-22,24-26,30H,12,23H2,1-2H3/b18-17-,20-19?,32-21+,37-33+,39-38-. The quantitative estimate of drug-likeness (QED) is 0.327. The zero-order valence-electron chi connectivity index (χ0n) is 24.0. The fourth-order valence-electron chi connectivity index (χ4n) is 5.22. The lowest BCUT2D eigenvalue weighted by Gasteiger charge is -2.27. The highest BCUT2D eigenvalue weighted by Crippen LogP contribution is 2.32. The fraction of sp³-hybridized carbons (Fsp3) is 0.128. The second-order valence-corrected chi connectivity index (χ2v) is 10.5. The van der Waals surface area contributed by atoms with Crippen molar-refractivity contribution in [2.24, 2.45) is 5.92 Å². The average molecular weight is 544 g/mol. The highest BCUT2D eigenvalue weighted by molar-refractivity contribution is 5.70. The molecule has 1 atom stereocenters. The third kappa shape index (κ3) is 6.49. The molecule has 204 valence electrons. The Hall–Kier alpha value is -5.38. The lowest BCUT2D eigenvalue weighted by Crippen LogP contribution is -2.30. The summed E-state index contributed by atoms with van der Waals surface area (Å²) in [6.07, 6.45) is 20.4. The number of hydrogen-bond donors (Lipinski definition) is 0. The highest BCUT2D eigenvalue weighted by Gasteiger charge is 2.14. The molecule has 0 spiro atoms. The maximum absolute atomic E-state index is 9.97. The molecule has 0 heterocycles. The molecule has 0 saturated carbocycles. The molecule has 3 heteroatoms. The van der Waals surface area contributed by atoms with E-state index in [9.17, 15) is 10.5 Å². The molecule has 0 radical (unpaired) electrons. The van der Waals surface area contributed by atoms with Crippen LogP contribution in [0.3, 0.4) is 0 Å². The van der Waals surface area contributed by atoms with Crippen molar-refractivity contribution in [3.8, 4) is 12.1 Å². The summed E-state index contributed by atoms with van der Waals surface area (Å²) in [5.74, 6) is -0.0841. The Kier molecular flexibility index (Phi) is 8.93. The van der Waals surface area contributed by atoms with Crippen molar-refractivity contribution >= 4 is 22.5 Å². The van der Waals surface area contributed by atoms with Crippen LogP contribution in [0.1, 0.15) is 25.3 Å². The summed E-state index contributed by atoms with van der Waals surface area (Å²) in [5.41, 5.74) is 8.08. The van der Waals surface area contributed by atoms with E-state index in [2.05, 4.69) is 127 Å². The predicted octanol–water partition coefficient (Wildman–Crippen LogP) is 8.03. The number of aryl methyl sites for hydroxylation is 1. The lowest BCUT2D eigenvalue weighted by molar-refractivity contribution is 0.963. The molecule has 3 aromatic rings. The molecular formula is C39H33N3. The summed E-state index contributed by atoms with van der Waals surface area (Å²) in [6.45, 7) is 4.13. The van der Waals surface area contributed by atoms with E-state index < -0.39 is 0 Å². The van der Waals surface area contributed by atoms with E-state index in [0.29, 0.717) is 17.6 Å². The molecule has 0 aliphatic heterocycles. The van der Waals surface area contributed by atoms with E-state index in [1.165, 1.54) is 11.3 Å². The molecule has 3 aromatic carbocycles. The first-order valence-electron chi connectivity index (χ1n) is 14.3. The Bertz CT molecular complexity index is 1850. The monoisotopic (exact) mass is 543 g/mol. The van der Waals surface area contributed by atoms with Gasteiger partial charge in [-0.25, -0.2) is 0 Å². The summed E-state index contributed by atoms with van der Waals surface area (Å²) in [6, 6.07) is 31.6. The fourth-order valence-corrected chi connectivity index (χ4v) is 5.22. The topological polar surface area (TPSA) is 50.8 Å². The molecule has 0 bridgehead atoms. The summed E-state index contributed by atoms with van der Waals surface area (Å²) < 4.78 is 0. The summed E-state index contributed by atoms with van der Waals surface area (Å²) in [5, 5.41) is 21.6. The second kappa shape index (κ2) is 13.3. The normalized spacial score (nSPS) is 21.4. The molecule has 5 rings (SSSR count). The van der Waals surface area contributed by atoms with Crippen molar-refractivity contribution in [2.45, 2.75) is 26.7 Å². The van der Waals surface area contributed by atoms with Gasteiger partial charge >= 0.3 is 0 Å². The van der Waals surface area contributed by atoms with Crippen LogP contribution in [0, 0.1) is 35.5 Å². The highest BCUT2D eigenvalue weighted by atomic mass is 15.1. The SMILES string of the molecule is Cc1ccc(N(C2=CC=C(C=CC3=C/C/C(C#N)=c4/cccc/c4=C(\C#N)C(C)/C=C\3)C=CC2)c2ccccc2)cc1. The van der Waals surface area contributed by atoms with Gasteiger partial charge < -0.3 is 4.90 Å². The van der Waals surface area contributed by atoms with Gasteiger partial charge in [0.05, 0.1) is 12.1 Å². The number of fused-ring (bicyclic) bond motifs is 1. The van der Waals surface area contributed by atoms with Gasteiger partial charge in [-0.05, 0) is 58.8 Å². The van der Waals surface area contributed by atoms with Gasteiger partial charge in [0, 0.05) is 47.0 Å². The first kappa shape index (κ1) is 28.2. The van der Waals surface area contributed by atoms with Crippen molar-refractivity contribution in [1.29, 1.82) is 10.5 Å². The van der Waals surface area contributed by atoms with E-state index in [4.69, 9.17) is 0 Å². The van der Waals surface area contributed by atoms with Gasteiger partial charge in [0.15, 0.2) is 0 Å². The average Bonchev–Trinajstić information content (AvgIpc) is 3.26. The van der Waals surface area contributed by atoms with Crippen LogP contribution >= 0.6 is 0 Å². The van der Waals surface area contributed by atoms with Crippen molar-refractivity contribution < 1.29 is 0 Å². The summed E-state index contributed by atoms with van der Waals surface area (Å²) in [7, 11) is 0. The van der Waals surface area contributed by atoms with Gasteiger partial charge in [-0.3, -0.25) is 0 Å². The Morgan fingerprint density at radius 3 is 2.17 bits per heavy atom. The Morgan fingerprint density at radius 2 is 1.43 bits per heavy atom. The molecule has 0 saturated heterocycles. The predicted molar refractivity (Wildman–Crippen MR) is 174 cm³/mol. The van der Waals surface area contributed by atoms with Gasteiger partial charge in [0.1, 0.15) is 0 Å². The molecule has 0 fully saturated rings. The number of hydrogen-bond acceptors (Lipinski definition) is 3. The number of benzene rings is 3. The Balaban J connectivity index is 1.47. The molecule has 1 unspecified atom stereocenters. The van der Waals surface area contributed by atoms with Gasteiger partial charge in [-0.15, -0.1) is 0 Å². The largest absolute Gasteiger partial charge is 0.314 e. The van der Waals surface area contributed by atoms with Crippen LogP contribution in [0.15, 0.2) is 150 Å². The Morgan fingerprint density at radius 1 is 0.738 bits per heavy atom. The van der Waals surface area contributed by atoms with E-state index in [0.717, 1.165) is 39.4 Å². The van der Waals surface area contributed by atoms with E-state index in [1.807, 2.05) is 37.3 Å². The van der Waals surface area contributed by atoms with Crippen LogP contribution in [-0.4, -0.2) is 0 Å². The van der Waals surface area contributed by atoms with Gasteiger partial charge in [-0.2, -0.15) is 10.5 Å². The van der Waals surface area contributed by atoms with Gasteiger partial charge in [0.2, 0.25) is 0 Å². The molecule has 2 aliphatic carbocycles. The van der Waals surface area contributed by atoms with Crippen LogP contribution < -0.4 is 15.3 Å². The number of nitriles is 2. The van der Waals surface area contributed by atoms with Crippen LogP contribution in [0.2, 0.25) is 0 Å². The van der Waals surface area contributed by atoms with Crippen molar-refractivity contribution in [3.05, 3.63) is 166 Å². The molecule has 42 heavy (non-hydrogen) atoms. The lowest BCUT2D eigenvalue weighted by atomic mass is 9.94. The Labute approximate surface area is 248 Å². The van der Waals surface area contributed by atoms with Gasteiger partial charge in [0.25, 0.3) is 0 Å². The number of allylic oxidation sites excluding steroid dienone is 11. The molecule has 0 amide bonds. The summed E-state index contributed by atoms with van der Waals surface area (Å²) in [4.78, 5) is 2.31. The van der Waals surface area contributed by atoms with E-state index in [1.54, 1.807) is 0 Å². The number of nitrogens with zero attached hydrogens (tertiary/aromatic N) is 3. The minimum absolute atomic E-state index is 0.0841. The van der Waals surface area contributed by atoms with Crippen molar-refractivity contribution in [2.75, 3.05) is 4.90 Å². The maximum atomic E-state index is 9.97. The summed E-state index contributed by atoms with van der Waals surface area (Å²) >= 11 is 0. The molecule has 0 aromatic heterocycles. The van der Waals surface area contributed by atoms with Crippen LogP contribution in [0.25, 0.3) is 11.1 Å². The van der Waals surface area contributed by atoms with Crippen LogP contribution in [-0.2, 0) is 0 Å². The zero-order valence-corrected chi connectivity index (χ0v) is 24.0. The molecule has 3 nitrogen and oxygen atoms in total.